The van der Waals surface area contributed by atoms with E-state index in [4.69, 9.17) is 29.1 Å². The Morgan fingerprint density at radius 1 is 1.21 bits per heavy atom. The number of ether oxygens (including phenoxy) is 1. The van der Waals surface area contributed by atoms with Gasteiger partial charge in [-0.25, -0.2) is 23.2 Å². The van der Waals surface area contributed by atoms with Gasteiger partial charge in [0.2, 0.25) is 5.82 Å². The van der Waals surface area contributed by atoms with Crippen molar-refractivity contribution in [2.45, 2.75) is 17.6 Å². The molecule has 0 saturated carbocycles. The van der Waals surface area contributed by atoms with E-state index in [1.165, 1.54) is 4.90 Å². The molecular formula is C14H18ClN3O5S. The fraction of sp³-hybridized carbons (Fsp3) is 0.286. The number of benzene rings is 1. The Bertz CT molecular complexity index is 659. The summed E-state index contributed by atoms with van der Waals surface area (Å²) in [6.07, 6.45) is 2.04. The molecule has 0 radical (unpaired) electrons. The van der Waals surface area contributed by atoms with Crippen LogP contribution >= 0.6 is 11.8 Å². The van der Waals surface area contributed by atoms with Gasteiger partial charge < -0.3 is 10.5 Å². The Hall–Kier alpha value is -1.62. The van der Waals surface area contributed by atoms with Gasteiger partial charge in [-0.1, -0.05) is 0 Å². The third-order valence-electron chi connectivity index (χ3n) is 2.92. The van der Waals surface area contributed by atoms with Crippen LogP contribution in [0.5, 0.6) is 5.75 Å². The predicted octanol–water partition coefficient (Wildman–Crippen LogP) is -2.66. The fourth-order valence-electron chi connectivity index (χ4n) is 1.66. The third-order valence-corrected chi connectivity index (χ3v) is 3.99. The van der Waals surface area contributed by atoms with Gasteiger partial charge in [0.25, 0.3) is 5.82 Å². The summed E-state index contributed by atoms with van der Waals surface area (Å²) in [5, 5.41) is 0. The molecule has 0 bridgehead atoms. The van der Waals surface area contributed by atoms with E-state index in [-0.39, 0.29) is 0 Å². The van der Waals surface area contributed by atoms with E-state index in [0.717, 1.165) is 22.9 Å². The van der Waals surface area contributed by atoms with Crippen molar-refractivity contribution in [2.24, 2.45) is 7.05 Å². The smallest absolute Gasteiger partial charge is 0.297 e. The summed E-state index contributed by atoms with van der Waals surface area (Å²) in [6, 6.07) is 8.00. The molecule has 2 rings (SSSR count). The maximum atomic E-state index is 8.49. The van der Waals surface area contributed by atoms with Gasteiger partial charge in [-0.3, -0.25) is 0 Å². The number of methoxy groups -OCH3 is 1. The number of nitrogens with zero attached hydrogens (tertiary/aromatic N) is 2. The van der Waals surface area contributed by atoms with E-state index in [1.807, 2.05) is 49.0 Å². The lowest BCUT2D eigenvalue weighted by Crippen LogP contribution is -2.68. The average molecular weight is 376 g/mol. The first-order valence-electron chi connectivity index (χ1n) is 6.60. The van der Waals surface area contributed by atoms with Crippen LogP contribution in [0.25, 0.3) is 0 Å². The monoisotopic (exact) mass is 375 g/mol. The van der Waals surface area contributed by atoms with Crippen molar-refractivity contribution >= 4 is 17.6 Å². The maximum Gasteiger partial charge on any atom is 0.297 e. The van der Waals surface area contributed by atoms with Gasteiger partial charge in [0.05, 0.1) is 19.7 Å². The van der Waals surface area contributed by atoms with Crippen LogP contribution in [0.3, 0.4) is 0 Å². The summed E-state index contributed by atoms with van der Waals surface area (Å²) in [6.45, 7) is 1.94. The predicted molar refractivity (Wildman–Crippen MR) is 77.1 cm³/mol. The number of hydrogen-bond donors (Lipinski definition) is 1. The number of halogens is 1. The average Bonchev–Trinajstić information content (AvgIpc) is 2.48. The molecule has 0 atom stereocenters. The summed E-state index contributed by atoms with van der Waals surface area (Å²) in [5.41, 5.74) is 6.99. The fourth-order valence-corrected chi connectivity index (χ4v) is 2.54. The molecule has 0 saturated heterocycles. The first-order chi connectivity index (χ1) is 11.1. The van der Waals surface area contributed by atoms with Crippen molar-refractivity contribution in [3.63, 3.8) is 0 Å². The highest BCUT2D eigenvalue weighted by molar-refractivity contribution is 7.98. The van der Waals surface area contributed by atoms with Crippen LogP contribution in [-0.2, 0) is 12.8 Å². The minimum atomic E-state index is -4.94. The van der Waals surface area contributed by atoms with E-state index in [1.54, 1.807) is 18.9 Å². The summed E-state index contributed by atoms with van der Waals surface area (Å²) in [4.78, 5) is 5.50. The number of anilines is 1. The number of rotatable bonds is 4. The zero-order chi connectivity index (χ0) is 18.3. The number of aromatic nitrogens is 2. The highest BCUT2D eigenvalue weighted by Crippen LogP contribution is 2.25. The number of nitrogens with two attached hydrogens (primary N) is 1. The zero-order valence-electron chi connectivity index (χ0n) is 13.4. The van der Waals surface area contributed by atoms with Crippen LogP contribution < -0.4 is 33.7 Å². The second-order valence-electron chi connectivity index (χ2n) is 4.65. The first kappa shape index (κ1) is 20.4. The molecule has 2 aromatic rings. The normalized spacial score (nSPS) is 10.8. The minimum Gasteiger partial charge on any atom is -0.497 e. The molecule has 24 heavy (non-hydrogen) atoms. The van der Waals surface area contributed by atoms with E-state index in [0.29, 0.717) is 5.82 Å². The summed E-state index contributed by atoms with van der Waals surface area (Å²) in [5.74, 6) is 3.19. The molecule has 0 aliphatic carbocycles. The van der Waals surface area contributed by atoms with Crippen molar-refractivity contribution in [1.82, 2.24) is 4.98 Å². The second-order valence-corrected chi connectivity index (χ2v) is 6.46. The molecule has 2 N–H and O–H groups in total. The summed E-state index contributed by atoms with van der Waals surface area (Å²) in [7, 11) is -1.30. The van der Waals surface area contributed by atoms with Crippen LogP contribution in [0.2, 0.25) is 0 Å². The van der Waals surface area contributed by atoms with E-state index < -0.39 is 10.2 Å². The molecule has 8 nitrogen and oxygen atoms in total. The molecule has 0 aliphatic heterocycles. The first-order valence-corrected chi connectivity index (χ1v) is 8.82. The van der Waals surface area contributed by atoms with Gasteiger partial charge in [-0.05, 0) is 29.2 Å². The number of thioether (sulfide) groups is 1. The van der Waals surface area contributed by atoms with Crippen molar-refractivity contribution in [3.8, 4) is 5.75 Å². The van der Waals surface area contributed by atoms with Gasteiger partial charge in [0.1, 0.15) is 11.9 Å². The van der Waals surface area contributed by atoms with Crippen molar-refractivity contribution in [2.75, 3.05) is 12.8 Å². The Labute approximate surface area is 146 Å². The van der Waals surface area contributed by atoms with Gasteiger partial charge in [0.15, 0.2) is 0 Å². The van der Waals surface area contributed by atoms with E-state index in [9.17, 15) is 0 Å². The van der Waals surface area contributed by atoms with Gasteiger partial charge in [0, 0.05) is 17.6 Å². The molecule has 0 fully saturated rings. The number of hydrogen-bond acceptors (Lipinski definition) is 8. The SMILES string of the molecule is COc1ccc(SCc2c[n+](C)c(C)nc2N)cc1.[O-][Cl+3]([O-])([O-])[O-]. The molecule has 1 heterocycles. The molecule has 0 spiro atoms. The molecular weight excluding hydrogens is 358 g/mol. The van der Waals surface area contributed by atoms with Gasteiger partial charge in [-0.15, -0.1) is 22.0 Å². The Balaban J connectivity index is 0.000000505. The Kier molecular flexibility index (Phi) is 7.67. The van der Waals surface area contributed by atoms with Crippen LogP contribution in [0.15, 0.2) is 35.4 Å². The molecule has 0 aliphatic rings. The van der Waals surface area contributed by atoms with Crippen molar-refractivity contribution in [3.05, 3.63) is 41.9 Å². The topological polar surface area (TPSA) is 144 Å². The van der Waals surface area contributed by atoms with Crippen LogP contribution in [0.4, 0.5) is 5.82 Å². The lowest BCUT2D eigenvalue weighted by Gasteiger charge is -2.17. The second kappa shape index (κ2) is 9.02. The van der Waals surface area contributed by atoms with Gasteiger partial charge in [-0.2, -0.15) is 0 Å². The minimum absolute atomic E-state index is 0.608. The lowest BCUT2D eigenvalue weighted by molar-refractivity contribution is -2.00. The molecule has 1 aromatic carbocycles. The number of nitrogen functional groups attached to an aromatic ring is 1. The molecule has 1 aromatic heterocycles. The largest absolute Gasteiger partial charge is 0.497 e. The van der Waals surface area contributed by atoms with Crippen LogP contribution in [0, 0.1) is 17.2 Å². The third kappa shape index (κ3) is 7.77. The summed E-state index contributed by atoms with van der Waals surface area (Å²) < 4.78 is 41.1. The molecule has 10 heteroatoms. The Morgan fingerprint density at radius 3 is 2.25 bits per heavy atom. The van der Waals surface area contributed by atoms with Crippen molar-refractivity contribution < 1.29 is 38.2 Å². The lowest BCUT2D eigenvalue weighted by atomic mass is 10.3. The molecule has 132 valence electrons. The highest BCUT2D eigenvalue weighted by Gasteiger charge is 2.12. The quantitative estimate of drug-likeness (QED) is 0.450. The number of aryl methyl sites for hydroxylation is 2. The molecule has 0 amide bonds. The van der Waals surface area contributed by atoms with Crippen LogP contribution in [0.1, 0.15) is 11.4 Å². The van der Waals surface area contributed by atoms with Crippen LogP contribution in [-0.4, -0.2) is 12.1 Å². The highest BCUT2D eigenvalue weighted by atomic mass is 35.7. The Morgan fingerprint density at radius 2 is 1.75 bits per heavy atom. The van der Waals surface area contributed by atoms with E-state index >= 15 is 0 Å². The van der Waals surface area contributed by atoms with Gasteiger partial charge >= 0.3 is 0 Å². The standard InChI is InChI=1S/C14H17N3OS.ClHO4/c1-10-16-14(15)11(8-17(10)2)9-19-13-6-4-12(18-3)5-7-13;2-1(3,4)5/h4-8,15H,9H2,1-3H3;(H,2,3,4,5). The molecule has 0 unspecified atom stereocenters. The summed E-state index contributed by atoms with van der Waals surface area (Å²) >= 11 is 1.73. The zero-order valence-corrected chi connectivity index (χ0v) is 15.0. The van der Waals surface area contributed by atoms with E-state index in [2.05, 4.69) is 4.98 Å². The van der Waals surface area contributed by atoms with Crippen molar-refractivity contribution in [1.29, 1.82) is 0 Å². The maximum absolute atomic E-state index is 8.49.